The number of hydrogen-bond acceptors (Lipinski definition) is 7. The Morgan fingerprint density at radius 2 is 1.71 bits per heavy atom. The standard InChI is InChI=1S/C28H25ClN4O4S/c1-19-2-7-23(17-25(19)29)31-12-14-32(15-13-31)28-30-27(34)26(38-28)16-20-5-10-24(11-6-20)37-18-21-3-8-22(9-4-21)33(35)36/h2-11,16-17H,12-15,18H2,1H3. The highest BCUT2D eigenvalue weighted by Gasteiger charge is 2.28. The number of aliphatic imine (C=N–C) groups is 1. The monoisotopic (exact) mass is 548 g/mol. The van der Waals surface area contributed by atoms with Gasteiger partial charge in [-0.3, -0.25) is 14.9 Å². The highest BCUT2D eigenvalue weighted by atomic mass is 35.5. The lowest BCUT2D eigenvalue weighted by Gasteiger charge is -2.36. The quantitative estimate of drug-likeness (QED) is 0.214. The van der Waals surface area contributed by atoms with Crippen LogP contribution in [0.2, 0.25) is 5.02 Å². The van der Waals surface area contributed by atoms with E-state index in [0.717, 1.165) is 58.7 Å². The van der Waals surface area contributed by atoms with Crippen LogP contribution in [0, 0.1) is 17.0 Å². The normalized spacial score (nSPS) is 16.6. The molecule has 10 heteroatoms. The van der Waals surface area contributed by atoms with Gasteiger partial charge in [0, 0.05) is 49.0 Å². The number of piperazine rings is 1. The van der Waals surface area contributed by atoms with Gasteiger partial charge in [0.1, 0.15) is 12.4 Å². The number of nitro benzene ring substituents is 1. The summed E-state index contributed by atoms with van der Waals surface area (Å²) in [6.45, 7) is 5.50. The fourth-order valence-electron chi connectivity index (χ4n) is 4.16. The van der Waals surface area contributed by atoms with Crippen LogP contribution in [-0.4, -0.2) is 47.1 Å². The Hall–Kier alpha value is -3.82. The molecule has 0 aliphatic carbocycles. The molecule has 1 fully saturated rings. The van der Waals surface area contributed by atoms with Crippen molar-refractivity contribution in [1.82, 2.24) is 4.90 Å². The number of hydrogen-bond donors (Lipinski definition) is 0. The Morgan fingerprint density at radius 1 is 1.03 bits per heavy atom. The first-order chi connectivity index (χ1) is 18.4. The van der Waals surface area contributed by atoms with Gasteiger partial charge in [-0.05, 0) is 77.9 Å². The van der Waals surface area contributed by atoms with Crippen LogP contribution in [0.4, 0.5) is 11.4 Å². The average molecular weight is 549 g/mol. The molecule has 0 aromatic heterocycles. The van der Waals surface area contributed by atoms with Crippen LogP contribution in [0.3, 0.4) is 0 Å². The average Bonchev–Trinajstić information content (AvgIpc) is 3.30. The molecular formula is C28H25ClN4O4S. The fourth-order valence-corrected chi connectivity index (χ4v) is 5.30. The summed E-state index contributed by atoms with van der Waals surface area (Å²) in [5, 5.41) is 12.3. The number of anilines is 1. The first-order valence-corrected chi connectivity index (χ1v) is 13.3. The van der Waals surface area contributed by atoms with Crippen molar-refractivity contribution in [2.75, 3.05) is 31.1 Å². The molecular weight excluding hydrogens is 524 g/mol. The number of nitro groups is 1. The number of amides is 1. The van der Waals surface area contributed by atoms with Gasteiger partial charge in [0.2, 0.25) is 0 Å². The topological polar surface area (TPSA) is 88.3 Å². The zero-order chi connectivity index (χ0) is 26.6. The highest BCUT2D eigenvalue weighted by Crippen LogP contribution is 2.32. The van der Waals surface area contributed by atoms with Gasteiger partial charge in [0.25, 0.3) is 11.6 Å². The summed E-state index contributed by atoms with van der Waals surface area (Å²) in [5.41, 5.74) is 3.93. The summed E-state index contributed by atoms with van der Waals surface area (Å²) in [6.07, 6.45) is 1.84. The van der Waals surface area contributed by atoms with Gasteiger partial charge in [-0.25, -0.2) is 0 Å². The maximum Gasteiger partial charge on any atom is 0.286 e. The molecule has 8 nitrogen and oxygen atoms in total. The van der Waals surface area contributed by atoms with E-state index in [-0.39, 0.29) is 11.6 Å². The molecule has 2 aliphatic heterocycles. The minimum absolute atomic E-state index is 0.0486. The number of ether oxygens (including phenoxy) is 1. The summed E-state index contributed by atoms with van der Waals surface area (Å²) in [7, 11) is 0. The van der Waals surface area contributed by atoms with E-state index in [1.54, 1.807) is 12.1 Å². The van der Waals surface area contributed by atoms with Crippen LogP contribution in [0.25, 0.3) is 6.08 Å². The molecule has 0 bridgehead atoms. The lowest BCUT2D eigenvalue weighted by Crippen LogP contribution is -2.47. The van der Waals surface area contributed by atoms with E-state index in [2.05, 4.69) is 20.9 Å². The molecule has 38 heavy (non-hydrogen) atoms. The third-order valence-corrected chi connectivity index (χ3v) is 7.86. The van der Waals surface area contributed by atoms with E-state index in [1.807, 2.05) is 49.4 Å². The van der Waals surface area contributed by atoms with E-state index in [0.29, 0.717) is 17.3 Å². The van der Waals surface area contributed by atoms with Crippen molar-refractivity contribution in [2.24, 2.45) is 4.99 Å². The van der Waals surface area contributed by atoms with Crippen LogP contribution >= 0.6 is 23.4 Å². The number of amidine groups is 1. The van der Waals surface area contributed by atoms with E-state index in [4.69, 9.17) is 16.3 Å². The van der Waals surface area contributed by atoms with Crippen LogP contribution < -0.4 is 9.64 Å². The summed E-state index contributed by atoms with van der Waals surface area (Å²) in [4.78, 5) is 32.3. The molecule has 0 N–H and O–H groups in total. The zero-order valence-electron chi connectivity index (χ0n) is 20.7. The molecule has 2 heterocycles. The van der Waals surface area contributed by atoms with Crippen molar-refractivity contribution >= 4 is 51.9 Å². The smallest absolute Gasteiger partial charge is 0.286 e. The van der Waals surface area contributed by atoms with E-state index < -0.39 is 4.92 Å². The maximum absolute atomic E-state index is 12.6. The zero-order valence-corrected chi connectivity index (χ0v) is 22.2. The predicted octanol–water partition coefficient (Wildman–Crippen LogP) is 5.93. The molecule has 2 aliphatic rings. The molecule has 1 amide bonds. The Bertz CT molecular complexity index is 1420. The summed E-state index contributed by atoms with van der Waals surface area (Å²) in [6, 6.07) is 19.8. The van der Waals surface area contributed by atoms with Gasteiger partial charge in [0.15, 0.2) is 5.17 Å². The van der Waals surface area contributed by atoms with Crippen molar-refractivity contribution in [2.45, 2.75) is 13.5 Å². The maximum atomic E-state index is 12.6. The molecule has 0 spiro atoms. The molecule has 1 saturated heterocycles. The van der Waals surface area contributed by atoms with Crippen LogP contribution in [-0.2, 0) is 11.4 Å². The molecule has 0 radical (unpaired) electrons. The summed E-state index contributed by atoms with van der Waals surface area (Å²) < 4.78 is 5.78. The number of carbonyl (C=O) groups excluding carboxylic acids is 1. The second kappa shape index (κ2) is 11.3. The number of rotatable bonds is 6. The SMILES string of the molecule is Cc1ccc(N2CCN(C3=NC(=O)C(=Cc4ccc(OCc5ccc([N+](=O)[O-])cc5)cc4)S3)CC2)cc1Cl. The number of benzene rings is 3. The third kappa shape index (κ3) is 6.00. The number of thioether (sulfide) groups is 1. The van der Waals surface area contributed by atoms with Crippen LogP contribution in [0.1, 0.15) is 16.7 Å². The van der Waals surface area contributed by atoms with Crippen molar-refractivity contribution in [3.05, 3.63) is 103 Å². The van der Waals surface area contributed by atoms with E-state index in [1.165, 1.54) is 23.9 Å². The van der Waals surface area contributed by atoms with Crippen molar-refractivity contribution in [3.8, 4) is 5.75 Å². The van der Waals surface area contributed by atoms with Crippen LogP contribution in [0.15, 0.2) is 76.6 Å². The second-order valence-electron chi connectivity index (χ2n) is 9.00. The number of aryl methyl sites for hydroxylation is 1. The molecule has 3 aromatic rings. The highest BCUT2D eigenvalue weighted by molar-refractivity contribution is 8.18. The third-order valence-electron chi connectivity index (χ3n) is 6.41. The van der Waals surface area contributed by atoms with Crippen molar-refractivity contribution in [1.29, 1.82) is 0 Å². The first-order valence-electron chi connectivity index (χ1n) is 12.1. The molecule has 5 rings (SSSR count). The number of carbonyl (C=O) groups is 1. The summed E-state index contributed by atoms with van der Waals surface area (Å²) >= 11 is 7.70. The van der Waals surface area contributed by atoms with Gasteiger partial charge in [0.05, 0.1) is 9.83 Å². The number of non-ortho nitro benzene ring substituents is 1. The summed E-state index contributed by atoms with van der Waals surface area (Å²) in [5.74, 6) is 0.442. The Labute approximate surface area is 229 Å². The first kappa shape index (κ1) is 25.8. The van der Waals surface area contributed by atoms with E-state index in [9.17, 15) is 14.9 Å². The van der Waals surface area contributed by atoms with Crippen molar-refractivity contribution in [3.63, 3.8) is 0 Å². The Kier molecular flexibility index (Phi) is 7.67. The Morgan fingerprint density at radius 3 is 2.37 bits per heavy atom. The minimum atomic E-state index is -0.428. The molecule has 0 saturated carbocycles. The lowest BCUT2D eigenvalue weighted by atomic mass is 10.2. The van der Waals surface area contributed by atoms with Gasteiger partial charge in [-0.2, -0.15) is 4.99 Å². The minimum Gasteiger partial charge on any atom is -0.489 e. The molecule has 0 atom stereocenters. The molecule has 3 aromatic carbocycles. The van der Waals surface area contributed by atoms with E-state index >= 15 is 0 Å². The Balaban J connectivity index is 1.14. The van der Waals surface area contributed by atoms with Gasteiger partial charge < -0.3 is 14.5 Å². The largest absolute Gasteiger partial charge is 0.489 e. The lowest BCUT2D eigenvalue weighted by molar-refractivity contribution is -0.384. The molecule has 194 valence electrons. The van der Waals surface area contributed by atoms with Gasteiger partial charge in [-0.15, -0.1) is 0 Å². The van der Waals surface area contributed by atoms with Crippen molar-refractivity contribution < 1.29 is 14.5 Å². The van der Waals surface area contributed by atoms with Gasteiger partial charge in [-0.1, -0.05) is 29.8 Å². The van der Waals surface area contributed by atoms with Crippen LogP contribution in [0.5, 0.6) is 5.75 Å². The number of halogens is 1. The fraction of sp³-hybridized carbons (Fsp3) is 0.214. The molecule has 0 unspecified atom stereocenters. The number of nitrogens with zero attached hydrogens (tertiary/aromatic N) is 4. The van der Waals surface area contributed by atoms with Gasteiger partial charge >= 0.3 is 0 Å². The second-order valence-corrected chi connectivity index (χ2v) is 10.4. The predicted molar refractivity (Wildman–Crippen MR) is 152 cm³/mol.